The number of aromatic nitrogens is 1. The van der Waals surface area contributed by atoms with Crippen LogP contribution in [0.2, 0.25) is 5.02 Å². The molecule has 4 rings (SSSR count). The van der Waals surface area contributed by atoms with Crippen molar-refractivity contribution in [3.63, 3.8) is 0 Å². The van der Waals surface area contributed by atoms with E-state index < -0.39 is 5.54 Å². The summed E-state index contributed by atoms with van der Waals surface area (Å²) in [7, 11) is 0. The molecule has 0 N–H and O–H groups in total. The molecular formula is C22H22ClN5O2. The lowest BCUT2D eigenvalue weighted by molar-refractivity contribution is -0.170. The summed E-state index contributed by atoms with van der Waals surface area (Å²) in [5.41, 5.74) is 1.14. The van der Waals surface area contributed by atoms with Gasteiger partial charge in [0.1, 0.15) is 18.3 Å². The van der Waals surface area contributed by atoms with Crippen LogP contribution < -0.4 is 4.90 Å². The van der Waals surface area contributed by atoms with Crippen molar-refractivity contribution in [2.75, 3.05) is 24.5 Å². The molecule has 1 spiro atoms. The molecule has 0 radical (unpaired) electrons. The molecule has 8 heteroatoms. The normalized spacial score (nSPS) is 18.0. The molecule has 0 saturated carbocycles. The van der Waals surface area contributed by atoms with Crippen LogP contribution >= 0.6 is 11.6 Å². The lowest BCUT2D eigenvalue weighted by Crippen LogP contribution is -2.81. The van der Waals surface area contributed by atoms with Crippen LogP contribution in [0.4, 0.5) is 5.69 Å². The van der Waals surface area contributed by atoms with Gasteiger partial charge >= 0.3 is 0 Å². The van der Waals surface area contributed by atoms with Gasteiger partial charge in [0.25, 0.3) is 5.91 Å². The smallest absolute Gasteiger partial charge is 0.252 e. The Kier molecular flexibility index (Phi) is 5.12. The van der Waals surface area contributed by atoms with Crippen molar-refractivity contribution in [2.45, 2.75) is 32.0 Å². The fourth-order valence-electron chi connectivity index (χ4n) is 4.10. The van der Waals surface area contributed by atoms with Gasteiger partial charge in [-0.2, -0.15) is 5.26 Å². The SMILES string of the molecule is CC(C)N1CC(=O)N(Cc2ccc(Cl)cc2)C2(CN(c3ccnc(C#N)c3)C2)C1=O. The Labute approximate surface area is 180 Å². The molecule has 2 aliphatic rings. The van der Waals surface area contributed by atoms with Crippen LogP contribution in [0.25, 0.3) is 0 Å². The van der Waals surface area contributed by atoms with Crippen molar-refractivity contribution in [3.8, 4) is 6.07 Å². The van der Waals surface area contributed by atoms with E-state index >= 15 is 0 Å². The average Bonchev–Trinajstić information content (AvgIpc) is 2.70. The number of nitriles is 1. The molecule has 30 heavy (non-hydrogen) atoms. The first-order valence-electron chi connectivity index (χ1n) is 9.81. The fraction of sp³-hybridized carbons (Fsp3) is 0.364. The van der Waals surface area contributed by atoms with Gasteiger partial charge in [0.05, 0.1) is 13.1 Å². The summed E-state index contributed by atoms with van der Waals surface area (Å²) >= 11 is 5.99. The summed E-state index contributed by atoms with van der Waals surface area (Å²) in [6.07, 6.45) is 1.58. The van der Waals surface area contributed by atoms with Gasteiger partial charge in [0.15, 0.2) is 5.54 Å². The molecule has 2 aliphatic heterocycles. The van der Waals surface area contributed by atoms with E-state index in [4.69, 9.17) is 16.9 Å². The van der Waals surface area contributed by atoms with Crippen molar-refractivity contribution in [2.24, 2.45) is 0 Å². The van der Waals surface area contributed by atoms with Crippen molar-refractivity contribution in [1.29, 1.82) is 5.26 Å². The summed E-state index contributed by atoms with van der Waals surface area (Å²) in [5.74, 6) is -0.0952. The van der Waals surface area contributed by atoms with E-state index in [9.17, 15) is 9.59 Å². The molecule has 0 unspecified atom stereocenters. The zero-order valence-corrected chi connectivity index (χ0v) is 17.6. The van der Waals surface area contributed by atoms with Crippen LogP contribution in [-0.4, -0.2) is 57.8 Å². The predicted molar refractivity (Wildman–Crippen MR) is 113 cm³/mol. The number of pyridine rings is 1. The lowest BCUT2D eigenvalue weighted by atomic mass is 9.82. The van der Waals surface area contributed by atoms with Crippen LogP contribution in [0.5, 0.6) is 0 Å². The second-order valence-electron chi connectivity index (χ2n) is 8.03. The number of benzene rings is 1. The molecule has 2 saturated heterocycles. The van der Waals surface area contributed by atoms with Crippen LogP contribution in [-0.2, 0) is 16.1 Å². The standard InChI is InChI=1S/C22H22ClN5O2/c1-15(2)27-12-20(29)28(11-16-3-5-17(23)6-4-16)22(21(27)30)13-26(14-22)19-7-8-25-18(9-19)10-24/h3-9,15H,11-14H2,1-2H3. The van der Waals surface area contributed by atoms with E-state index in [0.29, 0.717) is 30.4 Å². The summed E-state index contributed by atoms with van der Waals surface area (Å²) in [4.78, 5) is 36.0. The zero-order valence-electron chi connectivity index (χ0n) is 16.9. The minimum atomic E-state index is -0.921. The molecule has 2 fully saturated rings. The third-order valence-corrected chi connectivity index (χ3v) is 6.04. The third kappa shape index (κ3) is 3.37. The highest BCUT2D eigenvalue weighted by atomic mass is 35.5. The minimum Gasteiger partial charge on any atom is -0.365 e. The molecule has 1 aromatic carbocycles. The number of carbonyl (C=O) groups excluding carboxylic acids is 2. The van der Waals surface area contributed by atoms with Crippen LogP contribution in [0.1, 0.15) is 25.1 Å². The Morgan fingerprint density at radius 1 is 1.20 bits per heavy atom. The number of anilines is 1. The van der Waals surface area contributed by atoms with Gasteiger partial charge in [-0.25, -0.2) is 4.98 Å². The first-order valence-corrected chi connectivity index (χ1v) is 10.2. The van der Waals surface area contributed by atoms with E-state index in [1.165, 1.54) is 0 Å². The van der Waals surface area contributed by atoms with Crippen LogP contribution in [0, 0.1) is 11.3 Å². The first-order chi connectivity index (χ1) is 14.3. The Hall–Kier alpha value is -3.11. The molecule has 3 heterocycles. The maximum absolute atomic E-state index is 13.5. The number of hydrogen-bond acceptors (Lipinski definition) is 5. The van der Waals surface area contributed by atoms with Crippen molar-refractivity contribution < 1.29 is 9.59 Å². The van der Waals surface area contributed by atoms with Gasteiger partial charge in [-0.15, -0.1) is 0 Å². The van der Waals surface area contributed by atoms with Crippen molar-refractivity contribution in [1.82, 2.24) is 14.8 Å². The van der Waals surface area contributed by atoms with Crippen molar-refractivity contribution >= 4 is 29.1 Å². The summed E-state index contributed by atoms with van der Waals surface area (Å²) < 4.78 is 0. The lowest BCUT2D eigenvalue weighted by Gasteiger charge is -2.59. The number of hydrogen-bond donors (Lipinski definition) is 0. The number of amides is 2. The second kappa shape index (κ2) is 7.62. The maximum Gasteiger partial charge on any atom is 0.252 e. The molecule has 2 aromatic rings. The molecule has 2 amide bonds. The number of piperazine rings is 1. The highest BCUT2D eigenvalue weighted by Gasteiger charge is 2.59. The molecular weight excluding hydrogens is 402 g/mol. The minimum absolute atomic E-state index is 0.0307. The summed E-state index contributed by atoms with van der Waals surface area (Å²) in [5, 5.41) is 9.75. The molecule has 154 valence electrons. The van der Waals surface area contributed by atoms with Gasteiger partial charge in [0, 0.05) is 29.5 Å². The first kappa shape index (κ1) is 20.2. The Morgan fingerprint density at radius 3 is 2.53 bits per heavy atom. The largest absolute Gasteiger partial charge is 0.365 e. The van der Waals surface area contributed by atoms with E-state index in [1.54, 1.807) is 34.2 Å². The number of halogens is 1. The third-order valence-electron chi connectivity index (χ3n) is 5.79. The molecule has 1 aromatic heterocycles. The maximum atomic E-state index is 13.5. The number of rotatable bonds is 4. The Balaban J connectivity index is 1.65. The van der Waals surface area contributed by atoms with E-state index in [2.05, 4.69) is 4.98 Å². The molecule has 0 bridgehead atoms. The predicted octanol–water partition coefficient (Wildman–Crippen LogP) is 2.44. The monoisotopic (exact) mass is 423 g/mol. The highest BCUT2D eigenvalue weighted by molar-refractivity contribution is 6.30. The Bertz CT molecular complexity index is 1020. The van der Waals surface area contributed by atoms with Crippen molar-refractivity contribution in [3.05, 3.63) is 58.9 Å². The summed E-state index contributed by atoms with van der Waals surface area (Å²) in [6, 6.07) is 12.8. The van der Waals surface area contributed by atoms with E-state index in [0.717, 1.165) is 11.3 Å². The Morgan fingerprint density at radius 2 is 1.90 bits per heavy atom. The van der Waals surface area contributed by atoms with Crippen LogP contribution in [0.3, 0.4) is 0 Å². The second-order valence-corrected chi connectivity index (χ2v) is 8.47. The number of nitrogens with zero attached hydrogens (tertiary/aromatic N) is 5. The van der Waals surface area contributed by atoms with Gasteiger partial charge in [-0.3, -0.25) is 9.59 Å². The van der Waals surface area contributed by atoms with E-state index in [-0.39, 0.29) is 24.4 Å². The summed E-state index contributed by atoms with van der Waals surface area (Å²) in [6.45, 7) is 5.03. The zero-order chi connectivity index (χ0) is 21.5. The van der Waals surface area contributed by atoms with Gasteiger partial charge in [0.2, 0.25) is 5.91 Å². The topological polar surface area (TPSA) is 80.5 Å². The molecule has 0 aliphatic carbocycles. The van der Waals surface area contributed by atoms with Gasteiger partial charge < -0.3 is 14.7 Å². The molecule has 7 nitrogen and oxygen atoms in total. The number of carbonyl (C=O) groups is 2. The van der Waals surface area contributed by atoms with Crippen LogP contribution in [0.15, 0.2) is 42.6 Å². The molecule has 0 atom stereocenters. The fourth-order valence-corrected chi connectivity index (χ4v) is 4.23. The quantitative estimate of drug-likeness (QED) is 0.754. The van der Waals surface area contributed by atoms with Gasteiger partial charge in [-0.1, -0.05) is 23.7 Å². The average molecular weight is 424 g/mol. The van der Waals surface area contributed by atoms with Gasteiger partial charge in [-0.05, 0) is 43.7 Å². The van der Waals surface area contributed by atoms with E-state index in [1.807, 2.05) is 43.0 Å². The highest BCUT2D eigenvalue weighted by Crippen LogP contribution is 2.38.